The van der Waals surface area contributed by atoms with Gasteiger partial charge in [-0.3, -0.25) is 10.4 Å². The van der Waals surface area contributed by atoms with Crippen molar-refractivity contribution in [2.75, 3.05) is 7.11 Å². The largest absolute Gasteiger partial charge is 0.443 e. The Morgan fingerprint density at radius 3 is 3.25 bits per heavy atom. The SMILES string of the molecule is COC1OC(=N)c2cnccc21. The molecule has 0 saturated heterocycles. The molecule has 4 heteroatoms. The molecule has 1 aliphatic rings. The van der Waals surface area contributed by atoms with Gasteiger partial charge in [0, 0.05) is 25.1 Å². The van der Waals surface area contributed by atoms with Crippen molar-refractivity contribution in [2.45, 2.75) is 6.29 Å². The second kappa shape index (κ2) is 2.57. The molecular formula is C8H8N2O2. The van der Waals surface area contributed by atoms with Gasteiger partial charge in [-0.05, 0) is 6.07 Å². The van der Waals surface area contributed by atoms with E-state index in [2.05, 4.69) is 4.98 Å². The zero-order valence-electron chi connectivity index (χ0n) is 6.57. The van der Waals surface area contributed by atoms with Gasteiger partial charge in [-0.1, -0.05) is 0 Å². The highest BCUT2D eigenvalue weighted by molar-refractivity contribution is 5.95. The van der Waals surface area contributed by atoms with Crippen molar-refractivity contribution >= 4 is 5.90 Å². The van der Waals surface area contributed by atoms with Crippen LogP contribution in [0.5, 0.6) is 0 Å². The molecule has 1 N–H and O–H groups in total. The number of ether oxygens (including phenoxy) is 2. The van der Waals surface area contributed by atoms with Gasteiger partial charge in [0.25, 0.3) is 0 Å². The minimum Gasteiger partial charge on any atom is -0.443 e. The molecule has 1 aromatic heterocycles. The molecule has 0 aromatic carbocycles. The lowest BCUT2D eigenvalue weighted by molar-refractivity contribution is -0.0567. The summed E-state index contributed by atoms with van der Waals surface area (Å²) < 4.78 is 10.1. The van der Waals surface area contributed by atoms with Crippen LogP contribution in [0.4, 0.5) is 0 Å². The van der Waals surface area contributed by atoms with Crippen molar-refractivity contribution in [1.29, 1.82) is 5.41 Å². The van der Waals surface area contributed by atoms with Crippen LogP contribution in [0.25, 0.3) is 0 Å². The number of hydrogen-bond donors (Lipinski definition) is 1. The number of nitrogens with one attached hydrogen (secondary N) is 1. The quantitative estimate of drug-likeness (QED) is 0.675. The van der Waals surface area contributed by atoms with Crippen molar-refractivity contribution in [3.63, 3.8) is 0 Å². The standard InChI is InChI=1S/C8H8N2O2/c1-11-8-5-2-3-10-4-6(5)7(9)12-8/h2-4,8-9H,1H3. The molecule has 0 saturated carbocycles. The second-order valence-corrected chi connectivity index (χ2v) is 2.48. The first-order chi connectivity index (χ1) is 5.83. The van der Waals surface area contributed by atoms with Crippen molar-refractivity contribution in [3.8, 4) is 0 Å². The van der Waals surface area contributed by atoms with E-state index in [1.54, 1.807) is 25.6 Å². The van der Waals surface area contributed by atoms with E-state index in [0.29, 0.717) is 5.56 Å². The fraction of sp³-hybridized carbons (Fsp3) is 0.250. The Hall–Kier alpha value is -1.42. The number of pyridine rings is 1. The molecule has 0 aliphatic carbocycles. The molecule has 0 radical (unpaired) electrons. The molecule has 1 aromatic rings. The van der Waals surface area contributed by atoms with E-state index in [1.165, 1.54) is 0 Å². The summed E-state index contributed by atoms with van der Waals surface area (Å²) in [6.07, 6.45) is 2.83. The van der Waals surface area contributed by atoms with Gasteiger partial charge < -0.3 is 9.47 Å². The summed E-state index contributed by atoms with van der Waals surface area (Å²) in [4.78, 5) is 3.90. The lowest BCUT2D eigenvalue weighted by Crippen LogP contribution is -1.99. The predicted octanol–water partition coefficient (Wildman–Crippen LogP) is 1.08. The van der Waals surface area contributed by atoms with Crippen LogP contribution in [0, 0.1) is 5.41 Å². The maximum Gasteiger partial charge on any atom is 0.229 e. The van der Waals surface area contributed by atoms with E-state index >= 15 is 0 Å². The number of rotatable bonds is 1. The van der Waals surface area contributed by atoms with Crippen LogP contribution in [0.15, 0.2) is 18.5 Å². The van der Waals surface area contributed by atoms with Gasteiger partial charge in [0.2, 0.25) is 12.2 Å². The highest BCUT2D eigenvalue weighted by Gasteiger charge is 2.27. The van der Waals surface area contributed by atoms with Gasteiger partial charge in [-0.15, -0.1) is 0 Å². The topological polar surface area (TPSA) is 55.2 Å². The van der Waals surface area contributed by atoms with E-state index in [9.17, 15) is 0 Å². The highest BCUT2D eigenvalue weighted by atomic mass is 16.7. The average Bonchev–Trinajstić information content (AvgIpc) is 2.44. The molecule has 62 valence electrons. The summed E-state index contributed by atoms with van der Waals surface area (Å²) in [6.45, 7) is 0. The fourth-order valence-corrected chi connectivity index (χ4v) is 1.21. The van der Waals surface area contributed by atoms with Gasteiger partial charge in [0.15, 0.2) is 0 Å². The first-order valence-electron chi connectivity index (χ1n) is 3.55. The lowest BCUT2D eigenvalue weighted by atomic mass is 10.2. The van der Waals surface area contributed by atoms with Crippen molar-refractivity contribution in [1.82, 2.24) is 4.98 Å². The summed E-state index contributed by atoms with van der Waals surface area (Å²) in [5, 5.41) is 7.42. The molecule has 1 atom stereocenters. The Balaban J connectivity index is 2.50. The summed E-state index contributed by atoms with van der Waals surface area (Å²) in [6, 6.07) is 1.80. The maximum absolute atomic E-state index is 7.42. The molecule has 1 aliphatic heterocycles. The smallest absolute Gasteiger partial charge is 0.229 e. The van der Waals surface area contributed by atoms with Crippen LogP contribution in [0.1, 0.15) is 17.4 Å². The van der Waals surface area contributed by atoms with Gasteiger partial charge >= 0.3 is 0 Å². The van der Waals surface area contributed by atoms with Crippen LogP contribution >= 0.6 is 0 Å². The van der Waals surface area contributed by atoms with Crippen LogP contribution in [-0.2, 0) is 9.47 Å². The number of fused-ring (bicyclic) bond motifs is 1. The number of methoxy groups -OCH3 is 1. The lowest BCUT2D eigenvalue weighted by Gasteiger charge is -2.06. The highest BCUT2D eigenvalue weighted by Crippen LogP contribution is 2.29. The molecule has 0 bridgehead atoms. The van der Waals surface area contributed by atoms with Crippen LogP contribution in [0.2, 0.25) is 0 Å². The minimum atomic E-state index is -0.435. The first kappa shape index (κ1) is 7.24. The number of nitrogens with zero attached hydrogens (tertiary/aromatic N) is 1. The number of hydrogen-bond acceptors (Lipinski definition) is 4. The average molecular weight is 164 g/mol. The third-order valence-electron chi connectivity index (χ3n) is 1.79. The summed E-state index contributed by atoms with van der Waals surface area (Å²) in [5.74, 6) is 0.130. The Morgan fingerprint density at radius 2 is 2.50 bits per heavy atom. The van der Waals surface area contributed by atoms with E-state index < -0.39 is 6.29 Å². The molecule has 4 nitrogen and oxygen atoms in total. The molecule has 1 unspecified atom stereocenters. The molecule has 2 heterocycles. The van der Waals surface area contributed by atoms with Crippen LogP contribution in [0.3, 0.4) is 0 Å². The van der Waals surface area contributed by atoms with Crippen molar-refractivity contribution in [3.05, 3.63) is 29.6 Å². The molecule has 0 amide bonds. The van der Waals surface area contributed by atoms with Crippen LogP contribution < -0.4 is 0 Å². The van der Waals surface area contributed by atoms with Crippen LogP contribution in [-0.4, -0.2) is 18.0 Å². The molecule has 12 heavy (non-hydrogen) atoms. The Kier molecular flexibility index (Phi) is 1.55. The first-order valence-corrected chi connectivity index (χ1v) is 3.55. The fourth-order valence-electron chi connectivity index (χ4n) is 1.21. The minimum absolute atomic E-state index is 0.130. The maximum atomic E-state index is 7.42. The predicted molar refractivity (Wildman–Crippen MR) is 41.9 cm³/mol. The second-order valence-electron chi connectivity index (χ2n) is 2.48. The third kappa shape index (κ3) is 0.887. The normalized spacial score (nSPS) is 20.4. The van der Waals surface area contributed by atoms with E-state index in [-0.39, 0.29) is 5.90 Å². The molecule has 2 rings (SSSR count). The Bertz CT molecular complexity index is 325. The third-order valence-corrected chi connectivity index (χ3v) is 1.79. The van der Waals surface area contributed by atoms with Gasteiger partial charge in [-0.25, -0.2) is 0 Å². The van der Waals surface area contributed by atoms with Crippen molar-refractivity contribution < 1.29 is 9.47 Å². The molecule has 0 spiro atoms. The zero-order chi connectivity index (χ0) is 8.55. The summed E-state index contributed by atoms with van der Waals surface area (Å²) >= 11 is 0. The zero-order valence-corrected chi connectivity index (χ0v) is 6.57. The summed E-state index contributed by atoms with van der Waals surface area (Å²) in [5.41, 5.74) is 1.59. The van der Waals surface area contributed by atoms with Gasteiger partial charge in [0.1, 0.15) is 0 Å². The Labute approximate surface area is 69.7 Å². The molecule has 0 fully saturated rings. The van der Waals surface area contributed by atoms with Crippen molar-refractivity contribution in [2.24, 2.45) is 0 Å². The summed E-state index contributed by atoms with van der Waals surface area (Å²) in [7, 11) is 1.55. The van der Waals surface area contributed by atoms with E-state index in [0.717, 1.165) is 5.56 Å². The van der Waals surface area contributed by atoms with E-state index in [4.69, 9.17) is 14.9 Å². The van der Waals surface area contributed by atoms with Gasteiger partial charge in [-0.2, -0.15) is 0 Å². The monoisotopic (exact) mass is 164 g/mol. The van der Waals surface area contributed by atoms with Gasteiger partial charge in [0.05, 0.1) is 5.56 Å². The number of aromatic nitrogens is 1. The Morgan fingerprint density at radius 1 is 1.67 bits per heavy atom. The van der Waals surface area contributed by atoms with E-state index in [1.807, 2.05) is 0 Å². The molecular weight excluding hydrogens is 156 g/mol.